The van der Waals surface area contributed by atoms with Crippen LogP contribution in [0.25, 0.3) is 5.82 Å². The molecule has 0 atom stereocenters. The molecule has 112 valence electrons. The summed E-state index contributed by atoms with van der Waals surface area (Å²) in [5, 5.41) is 4.36. The molecule has 2 aromatic rings. The number of carbonyl (C=O) groups excluding carboxylic acids is 1. The lowest BCUT2D eigenvalue weighted by Gasteiger charge is -2.07. The number of carbonyl (C=O) groups is 1. The van der Waals surface area contributed by atoms with Crippen LogP contribution in [-0.4, -0.2) is 27.3 Å². The van der Waals surface area contributed by atoms with Crippen molar-refractivity contribution in [3.8, 4) is 5.82 Å². The van der Waals surface area contributed by atoms with E-state index in [1.54, 1.807) is 16.8 Å². The van der Waals surface area contributed by atoms with E-state index < -0.39 is 0 Å². The zero-order valence-corrected chi connectivity index (χ0v) is 13.0. The maximum absolute atomic E-state index is 11.9. The van der Waals surface area contributed by atoms with Crippen LogP contribution >= 0.6 is 0 Å². The normalized spacial score (nSPS) is 10.9. The van der Waals surface area contributed by atoms with Crippen molar-refractivity contribution in [2.24, 2.45) is 5.92 Å². The summed E-state index contributed by atoms with van der Waals surface area (Å²) < 4.78 is 6.96. The molecule has 0 aromatic carbocycles. The van der Waals surface area contributed by atoms with E-state index in [0.717, 1.165) is 17.8 Å². The smallest absolute Gasteiger partial charge is 0.339 e. The van der Waals surface area contributed by atoms with Gasteiger partial charge in [-0.3, -0.25) is 0 Å². The molecule has 2 heterocycles. The van der Waals surface area contributed by atoms with Crippen LogP contribution in [0.2, 0.25) is 0 Å². The lowest BCUT2D eigenvalue weighted by Crippen LogP contribution is -2.09. The van der Waals surface area contributed by atoms with E-state index in [1.165, 1.54) is 6.20 Å². The van der Waals surface area contributed by atoms with Gasteiger partial charge in [-0.1, -0.05) is 13.8 Å². The molecular weight excluding hydrogens is 266 g/mol. The second-order valence-corrected chi connectivity index (χ2v) is 5.56. The molecule has 2 aromatic heterocycles. The molecule has 0 aliphatic rings. The van der Waals surface area contributed by atoms with Crippen molar-refractivity contribution in [1.29, 1.82) is 0 Å². The third-order valence-electron chi connectivity index (χ3n) is 3.14. The molecule has 0 spiro atoms. The summed E-state index contributed by atoms with van der Waals surface area (Å²) in [6.45, 7) is 8.53. The summed E-state index contributed by atoms with van der Waals surface area (Å²) in [6.07, 6.45) is 2.40. The van der Waals surface area contributed by atoms with Crippen LogP contribution in [0.15, 0.2) is 24.4 Å². The quantitative estimate of drug-likeness (QED) is 0.793. The number of esters is 1. The minimum atomic E-state index is -0.330. The second-order valence-electron chi connectivity index (χ2n) is 5.56. The summed E-state index contributed by atoms with van der Waals surface area (Å²) in [6, 6.07) is 5.48. The van der Waals surface area contributed by atoms with Crippen LogP contribution in [-0.2, 0) is 4.74 Å². The van der Waals surface area contributed by atoms with Crippen LogP contribution in [0.5, 0.6) is 0 Å². The Labute approximate surface area is 125 Å². The summed E-state index contributed by atoms with van der Waals surface area (Å²) in [7, 11) is 0. The first kappa shape index (κ1) is 15.2. The zero-order chi connectivity index (χ0) is 15.4. The lowest BCUT2D eigenvalue weighted by molar-refractivity contribution is 0.0487. The van der Waals surface area contributed by atoms with Crippen molar-refractivity contribution in [1.82, 2.24) is 14.8 Å². The average Bonchev–Trinajstić information content (AvgIpc) is 2.77. The highest BCUT2D eigenvalue weighted by Gasteiger charge is 2.10. The molecule has 21 heavy (non-hydrogen) atoms. The van der Waals surface area contributed by atoms with Crippen LogP contribution in [0.4, 0.5) is 0 Å². The predicted molar refractivity (Wildman–Crippen MR) is 80.6 cm³/mol. The molecule has 5 nitrogen and oxygen atoms in total. The molecule has 0 saturated heterocycles. The summed E-state index contributed by atoms with van der Waals surface area (Å²) >= 11 is 0. The first-order valence-corrected chi connectivity index (χ1v) is 7.14. The molecule has 0 N–H and O–H groups in total. The van der Waals surface area contributed by atoms with Crippen LogP contribution in [0.3, 0.4) is 0 Å². The number of nitrogens with zero attached hydrogens (tertiary/aromatic N) is 3. The second kappa shape index (κ2) is 6.52. The highest BCUT2D eigenvalue weighted by Crippen LogP contribution is 2.11. The Balaban J connectivity index is 2.05. The molecule has 5 heteroatoms. The maximum atomic E-state index is 11.9. The predicted octanol–water partition coefficient (Wildman–Crippen LogP) is 3.09. The molecule has 0 saturated carbocycles. The molecule has 0 aliphatic heterocycles. The Bertz CT molecular complexity index is 615. The van der Waals surface area contributed by atoms with Gasteiger partial charge in [0, 0.05) is 11.9 Å². The van der Waals surface area contributed by atoms with Gasteiger partial charge >= 0.3 is 5.97 Å². The lowest BCUT2D eigenvalue weighted by atomic mass is 10.1. The fourth-order valence-corrected chi connectivity index (χ4v) is 1.96. The van der Waals surface area contributed by atoms with Gasteiger partial charge in [-0.05, 0) is 44.4 Å². The van der Waals surface area contributed by atoms with E-state index in [0.29, 0.717) is 23.9 Å². The highest BCUT2D eigenvalue weighted by molar-refractivity contribution is 5.89. The largest absolute Gasteiger partial charge is 0.462 e. The molecule has 2 rings (SSSR count). The summed E-state index contributed by atoms with van der Waals surface area (Å²) in [5.74, 6) is 0.881. The standard InChI is InChI=1S/C16H21N3O2/c1-11(2)7-8-21-16(20)14-5-6-15(17-10-14)19-13(4)9-12(3)18-19/h5-6,9-11H,7-8H2,1-4H3. The number of aryl methyl sites for hydroxylation is 2. The molecule has 0 amide bonds. The third-order valence-corrected chi connectivity index (χ3v) is 3.14. The highest BCUT2D eigenvalue weighted by atomic mass is 16.5. The van der Waals surface area contributed by atoms with Gasteiger partial charge in [-0.2, -0.15) is 5.10 Å². The van der Waals surface area contributed by atoms with Gasteiger partial charge in [-0.15, -0.1) is 0 Å². The van der Waals surface area contributed by atoms with E-state index >= 15 is 0 Å². The van der Waals surface area contributed by atoms with Crippen molar-refractivity contribution >= 4 is 5.97 Å². The van der Waals surface area contributed by atoms with Crippen molar-refractivity contribution in [3.63, 3.8) is 0 Å². The van der Waals surface area contributed by atoms with Crippen molar-refractivity contribution in [2.45, 2.75) is 34.1 Å². The zero-order valence-electron chi connectivity index (χ0n) is 13.0. The first-order valence-electron chi connectivity index (χ1n) is 7.14. The third kappa shape index (κ3) is 3.90. The van der Waals surface area contributed by atoms with Gasteiger partial charge in [0.2, 0.25) is 0 Å². The average molecular weight is 287 g/mol. The summed E-state index contributed by atoms with van der Waals surface area (Å²) in [4.78, 5) is 16.1. The van der Waals surface area contributed by atoms with Crippen molar-refractivity contribution in [2.75, 3.05) is 6.61 Å². The minimum absolute atomic E-state index is 0.330. The Kier molecular flexibility index (Phi) is 4.73. The van der Waals surface area contributed by atoms with E-state index in [2.05, 4.69) is 23.9 Å². The Morgan fingerprint density at radius 2 is 2.10 bits per heavy atom. The molecule has 0 aliphatic carbocycles. The number of pyridine rings is 1. The van der Waals surface area contributed by atoms with E-state index in [9.17, 15) is 4.79 Å². The van der Waals surface area contributed by atoms with Crippen LogP contribution < -0.4 is 0 Å². The van der Waals surface area contributed by atoms with Crippen LogP contribution in [0, 0.1) is 19.8 Å². The Hall–Kier alpha value is -2.17. The van der Waals surface area contributed by atoms with Crippen molar-refractivity contribution < 1.29 is 9.53 Å². The summed E-state index contributed by atoms with van der Waals surface area (Å²) in [5.41, 5.74) is 2.41. The number of rotatable bonds is 5. The Morgan fingerprint density at radius 3 is 2.62 bits per heavy atom. The van der Waals surface area contributed by atoms with Gasteiger partial charge in [-0.25, -0.2) is 14.5 Å². The van der Waals surface area contributed by atoms with Gasteiger partial charge in [0.15, 0.2) is 5.82 Å². The number of aromatic nitrogens is 3. The molecule has 0 fully saturated rings. The van der Waals surface area contributed by atoms with Gasteiger partial charge in [0.25, 0.3) is 0 Å². The van der Waals surface area contributed by atoms with Gasteiger partial charge < -0.3 is 4.74 Å². The fourth-order valence-electron chi connectivity index (χ4n) is 1.96. The topological polar surface area (TPSA) is 57.0 Å². The van der Waals surface area contributed by atoms with Gasteiger partial charge in [0.05, 0.1) is 17.9 Å². The van der Waals surface area contributed by atoms with Crippen molar-refractivity contribution in [3.05, 3.63) is 41.3 Å². The van der Waals surface area contributed by atoms with Gasteiger partial charge in [0.1, 0.15) is 0 Å². The van der Waals surface area contributed by atoms with E-state index in [1.807, 2.05) is 19.9 Å². The fraction of sp³-hybridized carbons (Fsp3) is 0.438. The number of hydrogen-bond donors (Lipinski definition) is 0. The monoisotopic (exact) mass is 287 g/mol. The molecule has 0 bridgehead atoms. The number of ether oxygens (including phenoxy) is 1. The van der Waals surface area contributed by atoms with Crippen LogP contribution in [0.1, 0.15) is 42.0 Å². The maximum Gasteiger partial charge on any atom is 0.339 e. The van der Waals surface area contributed by atoms with E-state index in [-0.39, 0.29) is 5.97 Å². The first-order chi connectivity index (χ1) is 9.97. The Morgan fingerprint density at radius 1 is 1.33 bits per heavy atom. The molecule has 0 unspecified atom stereocenters. The molecular formula is C16H21N3O2. The number of hydrogen-bond acceptors (Lipinski definition) is 4. The van der Waals surface area contributed by atoms with E-state index in [4.69, 9.17) is 4.74 Å². The SMILES string of the molecule is Cc1cc(C)n(-c2ccc(C(=O)OCCC(C)C)cn2)n1. The minimum Gasteiger partial charge on any atom is -0.462 e. The molecule has 0 radical (unpaired) electrons.